The molecule has 8 heteroatoms. The summed E-state index contributed by atoms with van der Waals surface area (Å²) in [7, 11) is 3.07. The Labute approximate surface area is 168 Å². The third kappa shape index (κ3) is 4.71. The van der Waals surface area contributed by atoms with Crippen LogP contribution in [0.3, 0.4) is 0 Å². The number of hydrogen-bond donors (Lipinski definition) is 1. The Hall–Kier alpha value is -3.42. The zero-order valence-electron chi connectivity index (χ0n) is 16.3. The highest BCUT2D eigenvalue weighted by Gasteiger charge is 2.18. The summed E-state index contributed by atoms with van der Waals surface area (Å²) in [5.41, 5.74) is 0.749. The third-order valence-corrected chi connectivity index (χ3v) is 4.49. The zero-order chi connectivity index (χ0) is 20.8. The quantitative estimate of drug-likeness (QED) is 0.755. The van der Waals surface area contributed by atoms with Crippen molar-refractivity contribution in [3.05, 3.63) is 41.5 Å². The number of carboxylic acid groups (broad SMARTS) is 1. The number of carbonyl (C=O) groups excluding carboxylic acids is 2. The second-order valence-corrected chi connectivity index (χ2v) is 6.38. The number of carboxylic acids is 1. The maximum absolute atomic E-state index is 12.5. The Kier molecular flexibility index (Phi) is 6.43. The Bertz CT molecular complexity index is 910. The van der Waals surface area contributed by atoms with Crippen molar-refractivity contribution in [2.75, 3.05) is 32.8 Å². The van der Waals surface area contributed by atoms with Crippen molar-refractivity contribution < 1.29 is 33.6 Å². The van der Waals surface area contributed by atoms with Gasteiger partial charge in [-0.15, -0.1) is 0 Å². The van der Waals surface area contributed by atoms with E-state index in [4.69, 9.17) is 18.9 Å². The van der Waals surface area contributed by atoms with Crippen LogP contribution >= 0.6 is 0 Å². The summed E-state index contributed by atoms with van der Waals surface area (Å²) in [6.07, 6.45) is 1.18. The van der Waals surface area contributed by atoms with Crippen molar-refractivity contribution in [3.63, 3.8) is 0 Å². The van der Waals surface area contributed by atoms with E-state index in [2.05, 4.69) is 5.32 Å². The minimum atomic E-state index is -1.41. The maximum atomic E-state index is 12.5. The van der Waals surface area contributed by atoms with Crippen LogP contribution in [0.2, 0.25) is 0 Å². The minimum Gasteiger partial charge on any atom is -0.545 e. The van der Waals surface area contributed by atoms with Gasteiger partial charge >= 0.3 is 0 Å². The van der Waals surface area contributed by atoms with Crippen molar-refractivity contribution in [2.45, 2.75) is 19.3 Å². The van der Waals surface area contributed by atoms with Gasteiger partial charge in [0.15, 0.2) is 23.0 Å². The Morgan fingerprint density at radius 2 is 1.83 bits per heavy atom. The van der Waals surface area contributed by atoms with Crippen LogP contribution in [0.5, 0.6) is 23.0 Å². The number of fused-ring (bicyclic) bond motifs is 1. The number of benzene rings is 2. The second-order valence-electron chi connectivity index (χ2n) is 6.38. The van der Waals surface area contributed by atoms with Gasteiger partial charge in [0.1, 0.15) is 0 Å². The maximum Gasteiger partial charge on any atom is 0.224 e. The van der Waals surface area contributed by atoms with Crippen LogP contribution in [0.4, 0.5) is 5.69 Å². The number of methoxy groups -OCH3 is 2. The van der Waals surface area contributed by atoms with E-state index in [1.165, 1.54) is 19.2 Å². The number of aromatic carboxylic acids is 1. The lowest BCUT2D eigenvalue weighted by Gasteiger charge is -2.16. The van der Waals surface area contributed by atoms with Crippen LogP contribution in [0.25, 0.3) is 0 Å². The van der Waals surface area contributed by atoms with E-state index >= 15 is 0 Å². The summed E-state index contributed by atoms with van der Waals surface area (Å²) >= 11 is 0. The van der Waals surface area contributed by atoms with Gasteiger partial charge in [0.25, 0.3) is 0 Å². The van der Waals surface area contributed by atoms with Crippen LogP contribution < -0.4 is 29.4 Å². The molecule has 0 saturated heterocycles. The molecule has 3 rings (SSSR count). The average Bonchev–Trinajstić information content (AvgIpc) is 2.95. The number of ether oxygens (including phenoxy) is 4. The van der Waals surface area contributed by atoms with Crippen molar-refractivity contribution >= 4 is 17.6 Å². The molecule has 1 aliphatic rings. The second kappa shape index (κ2) is 9.18. The van der Waals surface area contributed by atoms with Crippen molar-refractivity contribution in [1.82, 2.24) is 0 Å². The minimum absolute atomic E-state index is 0.108. The highest BCUT2D eigenvalue weighted by Crippen LogP contribution is 2.35. The number of rotatable bonds is 7. The van der Waals surface area contributed by atoms with Crippen LogP contribution in [0.15, 0.2) is 30.3 Å². The van der Waals surface area contributed by atoms with Crippen molar-refractivity contribution in [1.29, 1.82) is 0 Å². The van der Waals surface area contributed by atoms with Crippen LogP contribution in [-0.2, 0) is 11.2 Å². The van der Waals surface area contributed by atoms with Gasteiger partial charge in [-0.25, -0.2) is 0 Å². The van der Waals surface area contributed by atoms with E-state index in [1.54, 1.807) is 13.2 Å². The van der Waals surface area contributed by atoms with Crippen LogP contribution in [-0.4, -0.2) is 39.3 Å². The van der Waals surface area contributed by atoms with Crippen molar-refractivity contribution in [3.8, 4) is 23.0 Å². The number of nitrogens with one attached hydrogen (secondary N) is 1. The fourth-order valence-corrected chi connectivity index (χ4v) is 3.09. The summed E-state index contributed by atoms with van der Waals surface area (Å²) in [4.78, 5) is 24.0. The van der Waals surface area contributed by atoms with Gasteiger partial charge in [0, 0.05) is 24.5 Å². The van der Waals surface area contributed by atoms with Gasteiger partial charge in [0.2, 0.25) is 5.91 Å². The molecule has 0 spiro atoms. The number of amides is 1. The van der Waals surface area contributed by atoms with E-state index in [0.717, 1.165) is 5.56 Å². The highest BCUT2D eigenvalue weighted by molar-refractivity contribution is 6.00. The normalized spacial score (nSPS) is 12.6. The molecule has 1 aliphatic heterocycles. The SMILES string of the molecule is COc1cccc(CCC(=O)Nc2cc3c(cc2C(=O)[O-])OCCCO3)c1OC. The lowest BCUT2D eigenvalue weighted by atomic mass is 10.1. The molecule has 0 atom stereocenters. The summed E-state index contributed by atoms with van der Waals surface area (Å²) < 4.78 is 21.7. The van der Waals surface area contributed by atoms with E-state index in [0.29, 0.717) is 49.1 Å². The van der Waals surface area contributed by atoms with Gasteiger partial charge in [-0.2, -0.15) is 0 Å². The number of aryl methyl sites for hydroxylation is 1. The summed E-state index contributed by atoms with van der Waals surface area (Å²) in [5, 5.41) is 14.2. The van der Waals surface area contributed by atoms with E-state index in [9.17, 15) is 14.7 Å². The summed E-state index contributed by atoms with van der Waals surface area (Å²) in [6.45, 7) is 0.869. The summed E-state index contributed by atoms with van der Waals surface area (Å²) in [6, 6.07) is 8.19. The molecule has 0 unspecified atom stereocenters. The predicted molar refractivity (Wildman–Crippen MR) is 103 cm³/mol. The molecule has 1 N–H and O–H groups in total. The molecule has 2 aromatic rings. The smallest absolute Gasteiger partial charge is 0.224 e. The van der Waals surface area contributed by atoms with Crippen LogP contribution in [0.1, 0.15) is 28.8 Å². The van der Waals surface area contributed by atoms with Crippen LogP contribution in [0, 0.1) is 0 Å². The first-order valence-electron chi connectivity index (χ1n) is 9.18. The van der Waals surface area contributed by atoms with Gasteiger partial charge in [-0.1, -0.05) is 12.1 Å². The molecule has 2 aromatic carbocycles. The Morgan fingerprint density at radius 1 is 1.10 bits per heavy atom. The number of anilines is 1. The van der Waals surface area contributed by atoms with E-state index < -0.39 is 5.97 Å². The first-order valence-corrected chi connectivity index (χ1v) is 9.18. The molecule has 0 aromatic heterocycles. The fourth-order valence-electron chi connectivity index (χ4n) is 3.09. The number of para-hydroxylation sites is 1. The summed E-state index contributed by atoms with van der Waals surface area (Å²) in [5.74, 6) is 0.0803. The predicted octanol–water partition coefficient (Wildman–Crippen LogP) is 1.80. The van der Waals surface area contributed by atoms with Gasteiger partial charge in [0.05, 0.1) is 39.1 Å². The Morgan fingerprint density at radius 3 is 2.48 bits per heavy atom. The molecule has 0 saturated carbocycles. The Balaban J connectivity index is 1.75. The van der Waals surface area contributed by atoms with Gasteiger partial charge in [-0.05, 0) is 24.1 Å². The van der Waals surface area contributed by atoms with Gasteiger partial charge in [-0.3, -0.25) is 4.79 Å². The topological polar surface area (TPSA) is 106 Å². The molecule has 1 heterocycles. The third-order valence-electron chi connectivity index (χ3n) is 4.49. The molecule has 0 radical (unpaired) electrons. The largest absolute Gasteiger partial charge is 0.545 e. The first-order chi connectivity index (χ1) is 14.0. The molecule has 0 aliphatic carbocycles. The molecule has 0 fully saturated rings. The molecule has 8 nitrogen and oxygen atoms in total. The molecule has 1 amide bonds. The monoisotopic (exact) mass is 400 g/mol. The van der Waals surface area contributed by atoms with E-state index in [-0.39, 0.29) is 23.6 Å². The number of hydrogen-bond acceptors (Lipinski definition) is 7. The van der Waals surface area contributed by atoms with Crippen molar-refractivity contribution in [2.24, 2.45) is 0 Å². The average molecular weight is 400 g/mol. The lowest BCUT2D eigenvalue weighted by molar-refractivity contribution is -0.254. The molecular weight excluding hydrogens is 378 g/mol. The highest BCUT2D eigenvalue weighted by atomic mass is 16.5. The molecular formula is C21H22NO7-. The molecule has 0 bridgehead atoms. The number of carbonyl (C=O) groups is 2. The zero-order valence-corrected chi connectivity index (χ0v) is 16.3. The standard InChI is InChI=1S/C21H23NO7/c1-26-16-6-3-5-13(20(16)27-2)7-8-19(23)22-15-12-18-17(11-14(15)21(24)25)28-9-4-10-29-18/h3,5-6,11-12H,4,7-10H2,1-2H3,(H,22,23)(H,24,25)/p-1. The molecule has 29 heavy (non-hydrogen) atoms. The molecule has 154 valence electrons. The lowest BCUT2D eigenvalue weighted by Crippen LogP contribution is -2.25. The van der Waals surface area contributed by atoms with E-state index in [1.807, 2.05) is 12.1 Å². The first kappa shape index (κ1) is 20.3. The van der Waals surface area contributed by atoms with Gasteiger partial charge < -0.3 is 34.2 Å². The fraction of sp³-hybridized carbons (Fsp3) is 0.333.